The number of ether oxygens (including phenoxy) is 3. The van der Waals surface area contributed by atoms with Crippen LogP contribution in [0.5, 0.6) is 0 Å². The Bertz CT molecular complexity index is 937. The van der Waals surface area contributed by atoms with Gasteiger partial charge in [-0.15, -0.1) is 0 Å². The number of rotatable bonds is 8. The number of aliphatic carboxylic acids is 1. The summed E-state index contributed by atoms with van der Waals surface area (Å²) in [7, 11) is 0. The summed E-state index contributed by atoms with van der Waals surface area (Å²) in [5.41, 5.74) is -1.23. The number of carbonyl (C=O) groups excluding carboxylic acids is 1. The van der Waals surface area contributed by atoms with Crippen LogP contribution < -0.4 is 10.6 Å². The van der Waals surface area contributed by atoms with E-state index in [1.165, 1.54) is 0 Å². The molecule has 0 radical (unpaired) electrons. The number of nitrogens with zero attached hydrogens (tertiary/aromatic N) is 1. The van der Waals surface area contributed by atoms with E-state index in [2.05, 4.69) is 41.2 Å². The van der Waals surface area contributed by atoms with Crippen LogP contribution in [-0.2, 0) is 23.8 Å². The van der Waals surface area contributed by atoms with E-state index in [0.717, 1.165) is 70.2 Å². The molecule has 2 spiro atoms. The first-order chi connectivity index (χ1) is 17.8. The van der Waals surface area contributed by atoms with E-state index in [9.17, 15) is 9.59 Å². The van der Waals surface area contributed by atoms with E-state index in [-0.39, 0.29) is 30.6 Å². The van der Waals surface area contributed by atoms with Crippen molar-refractivity contribution in [1.82, 2.24) is 10.6 Å². The molecular weight excluding hydrogens is 474 g/mol. The van der Waals surface area contributed by atoms with Gasteiger partial charge in [-0.2, -0.15) is 0 Å². The lowest BCUT2D eigenvalue weighted by Crippen LogP contribution is -2.76. The van der Waals surface area contributed by atoms with Crippen LogP contribution in [-0.4, -0.2) is 69.9 Å². The summed E-state index contributed by atoms with van der Waals surface area (Å²) in [5.74, 6) is -0.460. The Hall–Kier alpha value is -2.13. The average Bonchev–Trinajstić information content (AvgIpc) is 3.15. The summed E-state index contributed by atoms with van der Waals surface area (Å²) in [6, 6.07) is 0.316. The Kier molecular flexibility index (Phi) is 7.82. The maximum absolute atomic E-state index is 13.7. The molecule has 2 saturated heterocycles. The van der Waals surface area contributed by atoms with Gasteiger partial charge in [-0.25, -0.2) is 10.6 Å². The van der Waals surface area contributed by atoms with Crippen molar-refractivity contribution in [2.75, 3.05) is 6.61 Å². The number of hydrogen-bond donors (Lipinski definition) is 3. The van der Waals surface area contributed by atoms with Crippen molar-refractivity contribution >= 4 is 17.9 Å². The van der Waals surface area contributed by atoms with E-state index in [4.69, 9.17) is 19.3 Å². The van der Waals surface area contributed by atoms with Crippen LogP contribution in [0.1, 0.15) is 97.3 Å². The van der Waals surface area contributed by atoms with Gasteiger partial charge in [0, 0.05) is 25.7 Å². The van der Waals surface area contributed by atoms with Crippen LogP contribution in [0.4, 0.5) is 0 Å². The molecule has 9 nitrogen and oxygen atoms in total. The molecule has 206 valence electrons. The van der Waals surface area contributed by atoms with Crippen LogP contribution >= 0.6 is 0 Å². The second-order valence-electron chi connectivity index (χ2n) is 11.6. The fourth-order valence-electron chi connectivity index (χ4n) is 7.21. The molecule has 5 aliphatic rings. The molecule has 0 amide bonds. The number of allylic oxidation sites excluding steroid dienone is 1. The molecule has 9 heteroatoms. The minimum absolute atomic E-state index is 0.0155. The highest BCUT2D eigenvalue weighted by molar-refractivity contribution is 5.82. The van der Waals surface area contributed by atoms with Gasteiger partial charge in [0.15, 0.2) is 11.6 Å². The maximum Gasteiger partial charge on any atom is 0.350 e. The largest absolute Gasteiger partial charge is 0.481 e. The van der Waals surface area contributed by atoms with Crippen LogP contribution in [0.15, 0.2) is 12.2 Å². The predicted octanol–water partition coefficient (Wildman–Crippen LogP) is 3.41. The standard InChI is InChI=1S/C28H43N3O6/c1-3-21-11-6-7-15-27(37-21)18-20-13-14-22-24(25(34)35-17-8-4-5-12-23(32)33)28(16-9-10-19(2)36-28)30-26(29-27)31(20)22/h6,11,19-22,24H,3-5,7-10,12-18H2,1-2H3,(H2,29,30,32,33)/p+1/t19-,20+,21-,22-,24-,27+,28-/m1/s1. The molecule has 3 N–H and O–H groups in total. The van der Waals surface area contributed by atoms with Gasteiger partial charge in [0.1, 0.15) is 0 Å². The SMILES string of the molecule is CC[C@@H]1C=CCC[C@@]2(C[C@@H]3CC[C@@H]4[C@H](C(=O)OCCCCCC(=O)O)[C@]5(CCC[C@@H](C)O5)NC(=[N+]34)N2)O1. The molecule has 0 saturated carbocycles. The maximum atomic E-state index is 13.7. The molecular formula is C28H44N3O6+. The quantitative estimate of drug-likeness (QED) is 0.194. The van der Waals surface area contributed by atoms with Crippen molar-refractivity contribution in [3.63, 3.8) is 0 Å². The van der Waals surface area contributed by atoms with E-state index < -0.39 is 23.3 Å². The lowest BCUT2D eigenvalue weighted by atomic mass is 9.80. The van der Waals surface area contributed by atoms with Crippen molar-refractivity contribution < 1.29 is 33.5 Å². The number of carboxylic acids is 1. The molecule has 5 heterocycles. The normalized spacial score (nSPS) is 38.6. The van der Waals surface area contributed by atoms with Gasteiger partial charge in [0.25, 0.3) is 0 Å². The summed E-state index contributed by atoms with van der Waals surface area (Å²) >= 11 is 0. The summed E-state index contributed by atoms with van der Waals surface area (Å²) in [6.07, 6.45) is 15.1. The number of guanidine groups is 1. The first kappa shape index (κ1) is 26.5. The first-order valence-electron chi connectivity index (χ1n) is 14.5. The summed E-state index contributed by atoms with van der Waals surface area (Å²) < 4.78 is 21.6. The van der Waals surface area contributed by atoms with Crippen LogP contribution in [0.3, 0.4) is 0 Å². The Balaban J connectivity index is 1.36. The number of nitrogens with one attached hydrogen (secondary N) is 2. The van der Waals surface area contributed by atoms with Gasteiger partial charge in [-0.1, -0.05) is 19.1 Å². The lowest BCUT2D eigenvalue weighted by molar-refractivity contribution is -0.609. The van der Waals surface area contributed by atoms with Crippen molar-refractivity contribution in [3.05, 3.63) is 12.2 Å². The van der Waals surface area contributed by atoms with E-state index in [0.29, 0.717) is 25.5 Å². The Morgan fingerprint density at radius 1 is 1.16 bits per heavy atom. The summed E-state index contributed by atoms with van der Waals surface area (Å²) in [6.45, 7) is 4.56. The first-order valence-corrected chi connectivity index (χ1v) is 14.5. The molecule has 0 bridgehead atoms. The number of hydrogen-bond acceptors (Lipinski definition) is 7. The fraction of sp³-hybridized carbons (Fsp3) is 0.821. The second kappa shape index (κ2) is 10.9. The Morgan fingerprint density at radius 2 is 2.03 bits per heavy atom. The summed E-state index contributed by atoms with van der Waals surface area (Å²) in [4.78, 5) is 24.4. The number of esters is 1. The Morgan fingerprint density at radius 3 is 2.81 bits per heavy atom. The van der Waals surface area contributed by atoms with Gasteiger partial charge < -0.3 is 19.3 Å². The molecule has 37 heavy (non-hydrogen) atoms. The minimum atomic E-state index is -0.803. The van der Waals surface area contributed by atoms with Gasteiger partial charge in [-0.05, 0) is 64.7 Å². The molecule has 0 aliphatic carbocycles. The molecule has 5 aliphatic heterocycles. The van der Waals surface area contributed by atoms with E-state index in [1.54, 1.807) is 0 Å². The molecule has 0 aromatic rings. The summed E-state index contributed by atoms with van der Waals surface area (Å²) in [5, 5.41) is 16.3. The van der Waals surface area contributed by atoms with Gasteiger partial charge in [0.05, 0.1) is 30.9 Å². The molecule has 0 aromatic carbocycles. The molecule has 0 unspecified atom stereocenters. The van der Waals surface area contributed by atoms with Crippen LogP contribution in [0, 0.1) is 5.92 Å². The highest BCUT2D eigenvalue weighted by Crippen LogP contribution is 2.45. The van der Waals surface area contributed by atoms with Crippen molar-refractivity contribution in [2.24, 2.45) is 5.92 Å². The van der Waals surface area contributed by atoms with E-state index >= 15 is 0 Å². The molecule has 0 aromatic heterocycles. The smallest absolute Gasteiger partial charge is 0.350 e. The van der Waals surface area contributed by atoms with Gasteiger partial charge >= 0.3 is 17.9 Å². The molecule has 5 rings (SSSR count). The third-order valence-corrected chi connectivity index (χ3v) is 8.88. The van der Waals surface area contributed by atoms with Gasteiger partial charge in [-0.3, -0.25) is 14.2 Å². The zero-order chi connectivity index (χ0) is 26.0. The topological polar surface area (TPSA) is 109 Å². The van der Waals surface area contributed by atoms with Crippen LogP contribution in [0.2, 0.25) is 0 Å². The van der Waals surface area contributed by atoms with Crippen molar-refractivity contribution in [3.8, 4) is 0 Å². The molecule has 2 fully saturated rings. The third-order valence-electron chi connectivity index (χ3n) is 8.88. The average molecular weight is 519 g/mol. The molecule has 7 atom stereocenters. The lowest BCUT2D eigenvalue weighted by Gasteiger charge is -2.50. The third kappa shape index (κ3) is 5.39. The highest BCUT2D eigenvalue weighted by Gasteiger charge is 2.64. The zero-order valence-corrected chi connectivity index (χ0v) is 22.4. The number of carboxylic acid groups (broad SMARTS) is 1. The fourth-order valence-corrected chi connectivity index (χ4v) is 7.21. The van der Waals surface area contributed by atoms with Gasteiger partial charge in [0.2, 0.25) is 5.72 Å². The van der Waals surface area contributed by atoms with Crippen molar-refractivity contribution in [2.45, 2.75) is 133 Å². The number of carbonyl (C=O) groups is 2. The predicted molar refractivity (Wildman–Crippen MR) is 137 cm³/mol. The van der Waals surface area contributed by atoms with E-state index in [1.807, 2.05) is 0 Å². The van der Waals surface area contributed by atoms with Crippen molar-refractivity contribution in [1.29, 1.82) is 0 Å². The monoisotopic (exact) mass is 518 g/mol. The number of unbranched alkanes of at least 4 members (excludes halogenated alkanes) is 2. The minimum Gasteiger partial charge on any atom is -0.481 e. The Labute approximate surface area is 220 Å². The van der Waals surface area contributed by atoms with Crippen LogP contribution in [0.25, 0.3) is 0 Å². The zero-order valence-electron chi connectivity index (χ0n) is 22.4. The second-order valence-corrected chi connectivity index (χ2v) is 11.6. The highest BCUT2D eigenvalue weighted by atomic mass is 16.6.